The number of ether oxygens (including phenoxy) is 1. The molecule has 19 heavy (non-hydrogen) atoms. The summed E-state index contributed by atoms with van der Waals surface area (Å²) >= 11 is 0. The Morgan fingerprint density at radius 3 is 2.37 bits per heavy atom. The molecule has 4 unspecified atom stereocenters. The van der Waals surface area contributed by atoms with Crippen LogP contribution in [0.3, 0.4) is 0 Å². The van der Waals surface area contributed by atoms with Gasteiger partial charge in [0.05, 0.1) is 12.1 Å². The van der Waals surface area contributed by atoms with Gasteiger partial charge in [-0.15, -0.1) is 0 Å². The average Bonchev–Trinajstić information content (AvgIpc) is 2.25. The smallest absolute Gasteiger partial charge is 0.411 e. The number of carboxylic acids is 1. The molecule has 2 N–H and O–H groups in total. The summed E-state index contributed by atoms with van der Waals surface area (Å²) in [5.74, 6) is -1.21. The van der Waals surface area contributed by atoms with Gasteiger partial charge in [-0.05, 0) is 46.0 Å². The molecule has 3 aliphatic rings. The first-order valence-corrected chi connectivity index (χ1v) is 6.63. The van der Waals surface area contributed by atoms with Gasteiger partial charge in [0.1, 0.15) is 11.6 Å². The van der Waals surface area contributed by atoms with Gasteiger partial charge in [0.25, 0.3) is 0 Å². The molecule has 3 fully saturated rings. The minimum Gasteiger partial charge on any atom is -0.480 e. The average molecular weight is 271 g/mol. The Kier molecular flexibility index (Phi) is 3.47. The number of aliphatic hydroxyl groups is 1. The molecule has 2 bridgehead atoms. The van der Waals surface area contributed by atoms with Crippen molar-refractivity contribution in [2.24, 2.45) is 5.92 Å². The third-order valence-electron chi connectivity index (χ3n) is 3.78. The molecular weight excluding hydrogens is 250 g/mol. The van der Waals surface area contributed by atoms with Crippen LogP contribution in [0.4, 0.5) is 4.79 Å². The molecule has 108 valence electrons. The van der Waals surface area contributed by atoms with Crippen LogP contribution < -0.4 is 0 Å². The topological polar surface area (TPSA) is 87.1 Å². The van der Waals surface area contributed by atoms with E-state index in [-0.39, 0.29) is 5.92 Å². The summed E-state index contributed by atoms with van der Waals surface area (Å²) in [7, 11) is 0. The lowest BCUT2D eigenvalue weighted by molar-refractivity contribution is -0.158. The van der Waals surface area contributed by atoms with E-state index >= 15 is 0 Å². The zero-order valence-corrected chi connectivity index (χ0v) is 11.5. The lowest BCUT2D eigenvalue weighted by atomic mass is 9.73. The van der Waals surface area contributed by atoms with Crippen molar-refractivity contribution in [1.29, 1.82) is 0 Å². The predicted octanol–water partition coefficient (Wildman–Crippen LogP) is 1.22. The third kappa shape index (κ3) is 2.68. The number of carboxylic acid groups (broad SMARTS) is 1. The molecule has 2 aliphatic heterocycles. The summed E-state index contributed by atoms with van der Waals surface area (Å²) in [5.41, 5.74) is -0.679. The van der Waals surface area contributed by atoms with Gasteiger partial charge in [0.15, 0.2) is 0 Å². The summed E-state index contributed by atoms with van der Waals surface area (Å²) in [6.45, 7) is 5.21. The Hall–Kier alpha value is -1.30. The van der Waals surface area contributed by atoms with Crippen molar-refractivity contribution in [2.75, 3.05) is 0 Å². The largest absolute Gasteiger partial charge is 0.480 e. The molecule has 2 heterocycles. The van der Waals surface area contributed by atoms with Crippen molar-refractivity contribution in [3.63, 3.8) is 0 Å². The summed E-state index contributed by atoms with van der Waals surface area (Å²) in [4.78, 5) is 24.8. The van der Waals surface area contributed by atoms with Gasteiger partial charge < -0.3 is 14.9 Å². The first-order valence-electron chi connectivity index (χ1n) is 6.63. The molecule has 0 aromatic rings. The van der Waals surface area contributed by atoms with E-state index in [1.807, 2.05) is 0 Å². The minimum absolute atomic E-state index is 0.190. The minimum atomic E-state index is -1.02. The van der Waals surface area contributed by atoms with Gasteiger partial charge >= 0.3 is 12.1 Å². The molecular formula is C13H21NO5. The highest BCUT2D eigenvalue weighted by Gasteiger charge is 2.52. The number of amides is 1. The molecule has 1 saturated carbocycles. The Balaban J connectivity index is 2.24. The number of nitrogens with zero attached hydrogens (tertiary/aromatic N) is 1. The summed E-state index contributed by atoms with van der Waals surface area (Å²) < 4.78 is 5.27. The van der Waals surface area contributed by atoms with Crippen molar-refractivity contribution in [2.45, 2.75) is 63.8 Å². The zero-order valence-electron chi connectivity index (χ0n) is 11.5. The molecule has 0 aromatic heterocycles. The molecule has 0 spiro atoms. The van der Waals surface area contributed by atoms with Gasteiger partial charge in [-0.2, -0.15) is 0 Å². The van der Waals surface area contributed by atoms with Gasteiger partial charge in [-0.3, -0.25) is 4.90 Å². The number of hydrogen-bond donors (Lipinski definition) is 2. The number of fused-ring (bicyclic) bond motifs is 3. The van der Waals surface area contributed by atoms with Gasteiger partial charge in [-0.25, -0.2) is 9.59 Å². The lowest BCUT2D eigenvalue weighted by Crippen LogP contribution is -2.65. The van der Waals surface area contributed by atoms with Gasteiger partial charge in [0.2, 0.25) is 0 Å². The fourth-order valence-electron chi connectivity index (χ4n) is 3.09. The van der Waals surface area contributed by atoms with Crippen LogP contribution >= 0.6 is 0 Å². The van der Waals surface area contributed by atoms with E-state index in [4.69, 9.17) is 4.74 Å². The van der Waals surface area contributed by atoms with E-state index in [1.54, 1.807) is 20.8 Å². The monoisotopic (exact) mass is 271 g/mol. The molecule has 0 radical (unpaired) electrons. The third-order valence-corrected chi connectivity index (χ3v) is 3.78. The Morgan fingerprint density at radius 1 is 1.26 bits per heavy atom. The predicted molar refractivity (Wildman–Crippen MR) is 66.6 cm³/mol. The second-order valence-electron chi connectivity index (χ2n) is 6.38. The highest BCUT2D eigenvalue weighted by atomic mass is 16.6. The Morgan fingerprint density at radius 2 is 1.89 bits per heavy atom. The lowest BCUT2D eigenvalue weighted by Gasteiger charge is -2.51. The van der Waals surface area contributed by atoms with Crippen molar-refractivity contribution in [3.05, 3.63) is 0 Å². The van der Waals surface area contributed by atoms with E-state index in [2.05, 4.69) is 0 Å². The summed E-state index contributed by atoms with van der Waals surface area (Å²) in [6.07, 6.45) is 0.517. The maximum absolute atomic E-state index is 12.2. The van der Waals surface area contributed by atoms with Crippen LogP contribution in [0.5, 0.6) is 0 Å². The molecule has 2 saturated heterocycles. The van der Waals surface area contributed by atoms with Crippen LogP contribution in [-0.2, 0) is 9.53 Å². The maximum Gasteiger partial charge on any atom is 0.411 e. The number of piperidine rings is 2. The van der Waals surface area contributed by atoms with E-state index in [0.717, 1.165) is 6.42 Å². The number of aliphatic hydroxyl groups excluding tert-OH is 1. The van der Waals surface area contributed by atoms with E-state index in [0.29, 0.717) is 12.8 Å². The van der Waals surface area contributed by atoms with E-state index in [9.17, 15) is 19.8 Å². The van der Waals surface area contributed by atoms with Gasteiger partial charge in [-0.1, -0.05) is 0 Å². The van der Waals surface area contributed by atoms with Crippen molar-refractivity contribution in [3.8, 4) is 0 Å². The second kappa shape index (κ2) is 4.67. The summed E-state index contributed by atoms with van der Waals surface area (Å²) in [6, 6.07) is -1.32. The molecule has 4 atom stereocenters. The van der Waals surface area contributed by atoms with Crippen LogP contribution in [0, 0.1) is 5.92 Å². The second-order valence-corrected chi connectivity index (χ2v) is 6.38. The Labute approximate surface area is 112 Å². The normalized spacial score (nSPS) is 34.2. The summed E-state index contributed by atoms with van der Waals surface area (Å²) in [5, 5.41) is 19.3. The zero-order chi connectivity index (χ0) is 14.4. The number of carbonyl (C=O) groups is 2. The quantitative estimate of drug-likeness (QED) is 0.748. The fraction of sp³-hybridized carbons (Fsp3) is 0.846. The van der Waals surface area contributed by atoms with Crippen LogP contribution in [0.1, 0.15) is 40.0 Å². The molecule has 1 aliphatic carbocycles. The van der Waals surface area contributed by atoms with Crippen LogP contribution in [0.25, 0.3) is 0 Å². The number of hydrogen-bond acceptors (Lipinski definition) is 4. The molecule has 3 rings (SSSR count). The first-order chi connectivity index (χ1) is 8.70. The maximum atomic E-state index is 12.2. The number of rotatable bonds is 1. The van der Waals surface area contributed by atoms with Crippen LogP contribution in [0.15, 0.2) is 0 Å². The van der Waals surface area contributed by atoms with E-state index < -0.39 is 35.9 Å². The van der Waals surface area contributed by atoms with Crippen LogP contribution in [0.2, 0.25) is 0 Å². The fourth-order valence-corrected chi connectivity index (χ4v) is 3.09. The van der Waals surface area contributed by atoms with E-state index in [1.165, 1.54) is 4.90 Å². The van der Waals surface area contributed by atoms with Crippen LogP contribution in [-0.4, -0.2) is 51.0 Å². The first kappa shape index (κ1) is 14.1. The molecule has 1 amide bonds. The SMILES string of the molecule is CC(C)(C)OC(=O)N1C2CCC(CC2O)C1C(=O)O. The standard InChI is InChI=1S/C13H21NO5/c1-13(2,3)19-12(18)14-8-5-4-7(6-9(8)15)10(14)11(16)17/h7-10,15H,4-6H2,1-3H3,(H,16,17). The Bertz CT molecular complexity index is 389. The van der Waals surface area contributed by atoms with Crippen molar-refractivity contribution in [1.82, 2.24) is 4.90 Å². The highest BCUT2D eigenvalue weighted by molar-refractivity contribution is 5.81. The van der Waals surface area contributed by atoms with Crippen molar-refractivity contribution < 1.29 is 24.5 Å². The van der Waals surface area contributed by atoms with Gasteiger partial charge in [0, 0.05) is 0 Å². The molecule has 0 aromatic carbocycles. The number of carbonyl (C=O) groups excluding carboxylic acids is 1. The molecule has 6 nitrogen and oxygen atoms in total. The number of aliphatic carboxylic acids is 1. The highest BCUT2D eigenvalue weighted by Crippen LogP contribution is 2.40. The van der Waals surface area contributed by atoms with Crippen molar-refractivity contribution >= 4 is 12.1 Å². The molecule has 6 heteroatoms.